The summed E-state index contributed by atoms with van der Waals surface area (Å²) in [7, 11) is 0. The molecular weight excluding hydrogens is 150 g/mol. The first-order chi connectivity index (χ1) is 5.97. The van der Waals surface area contributed by atoms with Gasteiger partial charge in [-0.25, -0.2) is 9.97 Å². The van der Waals surface area contributed by atoms with Gasteiger partial charge in [-0.15, -0.1) is 0 Å². The Morgan fingerprint density at radius 1 is 1.33 bits per heavy atom. The van der Waals surface area contributed by atoms with Crippen LogP contribution in [0, 0.1) is 0 Å². The van der Waals surface area contributed by atoms with Crippen molar-refractivity contribution in [2.24, 2.45) is 0 Å². The van der Waals surface area contributed by atoms with Gasteiger partial charge in [-0.2, -0.15) is 0 Å². The number of rotatable bonds is 1. The van der Waals surface area contributed by atoms with Crippen LogP contribution in [0.3, 0.4) is 0 Å². The predicted molar refractivity (Wildman–Crippen MR) is 46.9 cm³/mol. The van der Waals surface area contributed by atoms with Gasteiger partial charge in [0, 0.05) is 24.9 Å². The Balaban J connectivity index is 2.08. The van der Waals surface area contributed by atoms with Crippen molar-refractivity contribution in [3.8, 4) is 0 Å². The molecule has 1 unspecified atom stereocenters. The third-order valence-electron chi connectivity index (χ3n) is 2.25. The standard InChI is InChI=1S/C9H13N3/c1-3-8(7-10-4-1)9-11-5-2-6-12-9/h2,5-6,8,10H,1,3-4,7H2. The fraction of sp³-hybridized carbons (Fsp3) is 0.556. The summed E-state index contributed by atoms with van der Waals surface area (Å²) in [5, 5.41) is 3.35. The predicted octanol–water partition coefficient (Wildman–Crippen LogP) is 0.944. The Morgan fingerprint density at radius 3 is 2.83 bits per heavy atom. The lowest BCUT2D eigenvalue weighted by molar-refractivity contribution is 0.446. The average molecular weight is 163 g/mol. The maximum atomic E-state index is 4.25. The van der Waals surface area contributed by atoms with Crippen molar-refractivity contribution in [1.82, 2.24) is 15.3 Å². The summed E-state index contributed by atoms with van der Waals surface area (Å²) in [4.78, 5) is 8.50. The Labute approximate surface area is 72.2 Å². The molecule has 1 fully saturated rings. The molecule has 0 bridgehead atoms. The van der Waals surface area contributed by atoms with E-state index in [4.69, 9.17) is 0 Å². The Hall–Kier alpha value is -0.960. The number of nitrogens with one attached hydrogen (secondary N) is 1. The summed E-state index contributed by atoms with van der Waals surface area (Å²) in [6.07, 6.45) is 6.09. The molecule has 0 radical (unpaired) electrons. The lowest BCUT2D eigenvalue weighted by Gasteiger charge is -2.20. The minimum atomic E-state index is 0.528. The van der Waals surface area contributed by atoms with Crippen molar-refractivity contribution >= 4 is 0 Å². The van der Waals surface area contributed by atoms with E-state index < -0.39 is 0 Å². The molecule has 1 saturated heterocycles. The van der Waals surface area contributed by atoms with E-state index in [0.29, 0.717) is 5.92 Å². The van der Waals surface area contributed by atoms with E-state index in [2.05, 4.69) is 15.3 Å². The van der Waals surface area contributed by atoms with Crippen LogP contribution in [0.2, 0.25) is 0 Å². The van der Waals surface area contributed by atoms with Crippen molar-refractivity contribution in [3.05, 3.63) is 24.3 Å². The minimum Gasteiger partial charge on any atom is -0.316 e. The Morgan fingerprint density at radius 2 is 2.17 bits per heavy atom. The second-order valence-corrected chi connectivity index (χ2v) is 3.15. The van der Waals surface area contributed by atoms with Crippen LogP contribution in [-0.4, -0.2) is 23.1 Å². The molecule has 1 aromatic rings. The topological polar surface area (TPSA) is 37.8 Å². The Bertz CT molecular complexity index is 229. The number of piperidine rings is 1. The number of hydrogen-bond acceptors (Lipinski definition) is 3. The molecule has 64 valence electrons. The third-order valence-corrected chi connectivity index (χ3v) is 2.25. The molecule has 2 rings (SSSR count). The second kappa shape index (κ2) is 3.63. The summed E-state index contributed by atoms with van der Waals surface area (Å²) in [6.45, 7) is 2.17. The lowest BCUT2D eigenvalue weighted by atomic mass is 9.99. The van der Waals surface area contributed by atoms with E-state index in [1.807, 2.05) is 18.5 Å². The van der Waals surface area contributed by atoms with E-state index in [0.717, 1.165) is 18.9 Å². The summed E-state index contributed by atoms with van der Waals surface area (Å²) >= 11 is 0. The summed E-state index contributed by atoms with van der Waals surface area (Å²) in [5.41, 5.74) is 0. The summed E-state index contributed by atoms with van der Waals surface area (Å²) in [5.74, 6) is 1.52. The first kappa shape index (κ1) is 7.68. The molecule has 1 aliphatic rings. The van der Waals surface area contributed by atoms with Gasteiger partial charge < -0.3 is 5.32 Å². The molecule has 2 heterocycles. The fourth-order valence-electron chi connectivity index (χ4n) is 1.59. The highest BCUT2D eigenvalue weighted by atomic mass is 14.9. The van der Waals surface area contributed by atoms with Gasteiger partial charge in [0.25, 0.3) is 0 Å². The smallest absolute Gasteiger partial charge is 0.132 e. The van der Waals surface area contributed by atoms with E-state index >= 15 is 0 Å². The van der Waals surface area contributed by atoms with Crippen molar-refractivity contribution in [1.29, 1.82) is 0 Å². The highest BCUT2D eigenvalue weighted by Crippen LogP contribution is 2.18. The van der Waals surface area contributed by atoms with Crippen molar-refractivity contribution < 1.29 is 0 Å². The maximum absolute atomic E-state index is 4.25. The number of aromatic nitrogens is 2. The molecule has 3 nitrogen and oxygen atoms in total. The van der Waals surface area contributed by atoms with Gasteiger partial charge in [0.1, 0.15) is 5.82 Å². The van der Waals surface area contributed by atoms with Crippen LogP contribution in [0.4, 0.5) is 0 Å². The zero-order valence-corrected chi connectivity index (χ0v) is 7.03. The van der Waals surface area contributed by atoms with Gasteiger partial charge >= 0.3 is 0 Å². The fourth-order valence-corrected chi connectivity index (χ4v) is 1.59. The van der Waals surface area contributed by atoms with Gasteiger partial charge in [0.05, 0.1) is 0 Å². The van der Waals surface area contributed by atoms with Crippen molar-refractivity contribution in [3.63, 3.8) is 0 Å². The second-order valence-electron chi connectivity index (χ2n) is 3.15. The molecule has 1 N–H and O–H groups in total. The van der Waals surface area contributed by atoms with Gasteiger partial charge in [0.2, 0.25) is 0 Å². The van der Waals surface area contributed by atoms with Gasteiger partial charge in [-0.3, -0.25) is 0 Å². The van der Waals surface area contributed by atoms with Crippen LogP contribution >= 0.6 is 0 Å². The van der Waals surface area contributed by atoms with E-state index in [1.54, 1.807) is 0 Å². The van der Waals surface area contributed by atoms with Crippen LogP contribution in [0.1, 0.15) is 24.6 Å². The zero-order valence-electron chi connectivity index (χ0n) is 7.03. The molecule has 0 amide bonds. The monoisotopic (exact) mass is 163 g/mol. The largest absolute Gasteiger partial charge is 0.316 e. The molecule has 1 aromatic heterocycles. The minimum absolute atomic E-state index is 0.528. The molecule has 3 heteroatoms. The summed E-state index contributed by atoms with van der Waals surface area (Å²) in [6, 6.07) is 1.86. The molecule has 0 saturated carbocycles. The molecule has 0 aliphatic carbocycles. The highest BCUT2D eigenvalue weighted by Gasteiger charge is 2.16. The van der Waals surface area contributed by atoms with Crippen LogP contribution in [-0.2, 0) is 0 Å². The van der Waals surface area contributed by atoms with Crippen molar-refractivity contribution in [2.75, 3.05) is 13.1 Å². The van der Waals surface area contributed by atoms with E-state index in [9.17, 15) is 0 Å². The van der Waals surface area contributed by atoms with Crippen LogP contribution in [0.5, 0.6) is 0 Å². The highest BCUT2D eigenvalue weighted by molar-refractivity contribution is 4.99. The molecule has 0 aromatic carbocycles. The maximum Gasteiger partial charge on any atom is 0.132 e. The van der Waals surface area contributed by atoms with E-state index in [1.165, 1.54) is 12.8 Å². The SMILES string of the molecule is c1cnc(C2CCCNC2)nc1. The zero-order chi connectivity index (χ0) is 8.23. The normalized spacial score (nSPS) is 23.8. The van der Waals surface area contributed by atoms with Crippen LogP contribution < -0.4 is 5.32 Å². The molecular formula is C9H13N3. The molecule has 0 spiro atoms. The first-order valence-corrected chi connectivity index (χ1v) is 4.44. The quantitative estimate of drug-likeness (QED) is 0.669. The molecule has 1 aliphatic heterocycles. The molecule has 1 atom stereocenters. The average Bonchev–Trinajstić information content (AvgIpc) is 2.21. The third kappa shape index (κ3) is 1.61. The lowest BCUT2D eigenvalue weighted by Crippen LogP contribution is -2.29. The Kier molecular flexibility index (Phi) is 2.32. The molecule has 12 heavy (non-hydrogen) atoms. The number of nitrogens with zero attached hydrogens (tertiary/aromatic N) is 2. The van der Waals surface area contributed by atoms with Gasteiger partial charge in [0.15, 0.2) is 0 Å². The van der Waals surface area contributed by atoms with Crippen molar-refractivity contribution in [2.45, 2.75) is 18.8 Å². The first-order valence-electron chi connectivity index (χ1n) is 4.44. The van der Waals surface area contributed by atoms with Gasteiger partial charge in [-0.1, -0.05) is 0 Å². The van der Waals surface area contributed by atoms with Gasteiger partial charge in [-0.05, 0) is 25.5 Å². The van der Waals surface area contributed by atoms with E-state index in [-0.39, 0.29) is 0 Å². The van der Waals surface area contributed by atoms with Crippen LogP contribution in [0.15, 0.2) is 18.5 Å². The summed E-state index contributed by atoms with van der Waals surface area (Å²) < 4.78 is 0. The van der Waals surface area contributed by atoms with Crippen LogP contribution in [0.25, 0.3) is 0 Å². The number of hydrogen-bond donors (Lipinski definition) is 1.